The van der Waals surface area contributed by atoms with E-state index in [2.05, 4.69) is 10.6 Å². The third-order valence-electron chi connectivity index (χ3n) is 8.77. The largest absolute Gasteiger partial charge is 0.381 e. The van der Waals surface area contributed by atoms with Gasteiger partial charge < -0.3 is 15.4 Å². The molecule has 2 fully saturated rings. The van der Waals surface area contributed by atoms with Crippen LogP contribution in [0.25, 0.3) is 0 Å². The molecule has 3 aromatic rings. The van der Waals surface area contributed by atoms with Crippen molar-refractivity contribution in [3.63, 3.8) is 0 Å². The summed E-state index contributed by atoms with van der Waals surface area (Å²) in [4.78, 5) is 13.6. The fourth-order valence-corrected chi connectivity index (χ4v) is 8.34. The van der Waals surface area contributed by atoms with E-state index in [1.54, 1.807) is 40.7 Å². The van der Waals surface area contributed by atoms with Gasteiger partial charge in [-0.1, -0.05) is 30.3 Å². The molecule has 7 nitrogen and oxygen atoms in total. The van der Waals surface area contributed by atoms with Gasteiger partial charge >= 0.3 is 0 Å². The van der Waals surface area contributed by atoms with Gasteiger partial charge in [-0.15, -0.1) is 0 Å². The molecule has 2 heterocycles. The highest BCUT2D eigenvalue weighted by atomic mass is 32.2. The fraction of sp³-hybridized carbons (Fsp3) is 0.424. The number of sulfonamides is 1. The normalized spacial score (nSPS) is 20.7. The number of hydrogen-bond acceptors (Lipinski definition) is 5. The Balaban J connectivity index is 1.29. The van der Waals surface area contributed by atoms with Crippen LogP contribution in [-0.2, 0) is 31.4 Å². The molecule has 0 aliphatic carbocycles. The summed E-state index contributed by atoms with van der Waals surface area (Å²) >= 11 is 0. The first-order valence-electron chi connectivity index (χ1n) is 15.0. The molecule has 0 bridgehead atoms. The Kier molecular flexibility index (Phi) is 10.1. The van der Waals surface area contributed by atoms with Gasteiger partial charge in [0.1, 0.15) is 5.82 Å². The van der Waals surface area contributed by atoms with E-state index in [0.29, 0.717) is 68.8 Å². The van der Waals surface area contributed by atoms with Gasteiger partial charge in [-0.25, -0.2) is 21.6 Å². The van der Waals surface area contributed by atoms with Crippen molar-refractivity contribution in [3.05, 3.63) is 95.3 Å². The summed E-state index contributed by atoms with van der Waals surface area (Å²) in [5.41, 5.74) is 0.456. The standard InChI is InChI=1S/C33H38F3N3O4S/c1-23-21-37-22-25(39(23)44(41,42)26-8-3-2-4-9-26)7-5-10-27-28(34)11-6-12-31(27)38-32(40)20-33(15-17-43-18-16-33)24-13-14-29(35)30(36)19-24/h2-4,6,8-9,11-14,19,23,25,37H,5,7,10,15-18,20-22H2,1H3,(H,38,40). The van der Waals surface area contributed by atoms with Crippen LogP contribution in [0.1, 0.15) is 50.2 Å². The number of anilines is 1. The third-order valence-corrected chi connectivity index (χ3v) is 10.9. The van der Waals surface area contributed by atoms with Crippen LogP contribution in [0.3, 0.4) is 0 Å². The summed E-state index contributed by atoms with van der Waals surface area (Å²) in [6.07, 6.45) is 2.17. The lowest BCUT2D eigenvalue weighted by Gasteiger charge is -2.40. The lowest BCUT2D eigenvalue weighted by atomic mass is 9.71. The number of hydrogen-bond donors (Lipinski definition) is 2. The highest BCUT2D eigenvalue weighted by Crippen LogP contribution is 2.39. The van der Waals surface area contributed by atoms with Crippen LogP contribution in [0, 0.1) is 17.5 Å². The highest BCUT2D eigenvalue weighted by molar-refractivity contribution is 7.89. The Morgan fingerprint density at radius 3 is 2.45 bits per heavy atom. The number of carbonyl (C=O) groups is 1. The molecule has 5 rings (SSSR count). The molecular weight excluding hydrogens is 591 g/mol. The van der Waals surface area contributed by atoms with Crippen LogP contribution >= 0.6 is 0 Å². The van der Waals surface area contributed by atoms with Crippen LogP contribution in [-0.4, -0.2) is 57.0 Å². The number of piperazine rings is 1. The first-order chi connectivity index (χ1) is 21.1. The van der Waals surface area contributed by atoms with Gasteiger partial charge in [-0.2, -0.15) is 4.31 Å². The number of benzene rings is 3. The van der Waals surface area contributed by atoms with Crippen LogP contribution in [0.2, 0.25) is 0 Å². The Bertz CT molecular complexity index is 1570. The van der Waals surface area contributed by atoms with Crippen LogP contribution in [0.15, 0.2) is 71.6 Å². The second-order valence-electron chi connectivity index (χ2n) is 11.7. The molecule has 3 aromatic carbocycles. The number of nitrogens with one attached hydrogen (secondary N) is 2. The van der Waals surface area contributed by atoms with E-state index >= 15 is 4.39 Å². The maximum atomic E-state index is 15.1. The molecule has 236 valence electrons. The quantitative estimate of drug-likeness (QED) is 0.307. The van der Waals surface area contributed by atoms with E-state index in [4.69, 9.17) is 4.74 Å². The molecule has 44 heavy (non-hydrogen) atoms. The number of amides is 1. The van der Waals surface area contributed by atoms with Gasteiger partial charge in [-0.05, 0) is 81.0 Å². The minimum atomic E-state index is -3.73. The zero-order valence-electron chi connectivity index (χ0n) is 24.7. The lowest BCUT2D eigenvalue weighted by Crippen LogP contribution is -2.58. The number of nitrogens with zero attached hydrogens (tertiary/aromatic N) is 1. The minimum absolute atomic E-state index is 0.00464. The van der Waals surface area contributed by atoms with E-state index in [1.165, 1.54) is 18.2 Å². The predicted molar refractivity (Wildman–Crippen MR) is 162 cm³/mol. The van der Waals surface area contributed by atoms with Crippen molar-refractivity contribution in [3.8, 4) is 0 Å². The molecule has 2 aliphatic heterocycles. The maximum Gasteiger partial charge on any atom is 0.243 e. The Labute approximate surface area is 256 Å². The van der Waals surface area contributed by atoms with E-state index in [0.717, 1.165) is 12.1 Å². The highest BCUT2D eigenvalue weighted by Gasteiger charge is 2.39. The lowest BCUT2D eigenvalue weighted by molar-refractivity contribution is -0.118. The number of ether oxygens (including phenoxy) is 1. The number of rotatable bonds is 10. The molecule has 11 heteroatoms. The van der Waals surface area contributed by atoms with Crippen molar-refractivity contribution in [2.45, 2.75) is 67.8 Å². The van der Waals surface area contributed by atoms with Crippen molar-refractivity contribution in [2.75, 3.05) is 31.6 Å². The molecule has 2 N–H and O–H groups in total. The molecule has 2 unspecified atom stereocenters. The van der Waals surface area contributed by atoms with Gasteiger partial charge in [0.25, 0.3) is 0 Å². The van der Waals surface area contributed by atoms with Gasteiger partial charge in [-0.3, -0.25) is 4.79 Å². The summed E-state index contributed by atoms with van der Waals surface area (Å²) in [5, 5.41) is 6.17. The third kappa shape index (κ3) is 7.01. The molecule has 0 spiro atoms. The Morgan fingerprint density at radius 1 is 0.977 bits per heavy atom. The molecule has 0 radical (unpaired) electrons. The SMILES string of the molecule is CC1CNCC(CCCc2c(F)cccc2NC(=O)CC2(c3ccc(F)c(F)c3)CCOCC2)N1S(=O)(=O)c1ccccc1. The fourth-order valence-electron chi connectivity index (χ4n) is 6.48. The second kappa shape index (κ2) is 13.8. The van der Waals surface area contributed by atoms with Gasteiger partial charge in [0.15, 0.2) is 11.6 Å². The molecule has 0 saturated carbocycles. The van der Waals surface area contributed by atoms with Crippen molar-refractivity contribution in [2.24, 2.45) is 0 Å². The zero-order valence-corrected chi connectivity index (χ0v) is 25.5. The first-order valence-corrected chi connectivity index (χ1v) is 16.4. The van der Waals surface area contributed by atoms with Gasteiger partial charge in [0, 0.05) is 61.5 Å². The van der Waals surface area contributed by atoms with Crippen LogP contribution < -0.4 is 10.6 Å². The molecular formula is C33H38F3N3O4S. The average Bonchev–Trinajstić information content (AvgIpc) is 3.00. The Morgan fingerprint density at radius 2 is 1.73 bits per heavy atom. The Hall–Kier alpha value is -3.25. The smallest absolute Gasteiger partial charge is 0.243 e. The minimum Gasteiger partial charge on any atom is -0.381 e. The van der Waals surface area contributed by atoms with E-state index in [9.17, 15) is 22.0 Å². The molecule has 1 amide bonds. The topological polar surface area (TPSA) is 87.7 Å². The van der Waals surface area contributed by atoms with Crippen LogP contribution in [0.4, 0.5) is 18.9 Å². The van der Waals surface area contributed by atoms with Gasteiger partial charge in [0.05, 0.1) is 4.90 Å². The summed E-state index contributed by atoms with van der Waals surface area (Å²) < 4.78 is 77.1. The van der Waals surface area contributed by atoms with Crippen molar-refractivity contribution in [1.29, 1.82) is 0 Å². The molecule has 2 saturated heterocycles. The summed E-state index contributed by atoms with van der Waals surface area (Å²) in [5.74, 6) is -2.76. The van der Waals surface area contributed by atoms with Crippen molar-refractivity contribution < 1.29 is 31.1 Å². The summed E-state index contributed by atoms with van der Waals surface area (Å²) in [6, 6.07) is 16.0. The molecule has 2 atom stereocenters. The average molecular weight is 630 g/mol. The molecule has 0 aromatic heterocycles. The van der Waals surface area contributed by atoms with Crippen LogP contribution in [0.5, 0.6) is 0 Å². The number of carbonyl (C=O) groups excluding carboxylic acids is 1. The summed E-state index contributed by atoms with van der Waals surface area (Å²) in [7, 11) is -3.73. The van der Waals surface area contributed by atoms with E-state index in [1.807, 2.05) is 6.92 Å². The second-order valence-corrected chi connectivity index (χ2v) is 13.6. The monoisotopic (exact) mass is 629 g/mol. The number of halogens is 3. The maximum absolute atomic E-state index is 15.1. The van der Waals surface area contributed by atoms with E-state index in [-0.39, 0.29) is 35.7 Å². The summed E-state index contributed by atoms with van der Waals surface area (Å²) in [6.45, 7) is 3.64. The predicted octanol–water partition coefficient (Wildman–Crippen LogP) is 5.55. The van der Waals surface area contributed by atoms with Crippen molar-refractivity contribution in [1.82, 2.24) is 9.62 Å². The first kappa shape index (κ1) is 32.2. The molecule has 2 aliphatic rings. The van der Waals surface area contributed by atoms with E-state index < -0.39 is 32.9 Å². The zero-order chi connectivity index (χ0) is 31.3. The van der Waals surface area contributed by atoms with Crippen molar-refractivity contribution >= 4 is 21.6 Å². The van der Waals surface area contributed by atoms with Gasteiger partial charge in [0.2, 0.25) is 15.9 Å².